The lowest BCUT2D eigenvalue weighted by Gasteiger charge is -2.37. The van der Waals surface area contributed by atoms with Gasteiger partial charge in [0.2, 0.25) is 0 Å². The van der Waals surface area contributed by atoms with Gasteiger partial charge in [-0.25, -0.2) is 0 Å². The van der Waals surface area contributed by atoms with Crippen LogP contribution >= 0.6 is 0 Å². The lowest BCUT2D eigenvalue weighted by atomic mass is 9.90. The summed E-state index contributed by atoms with van der Waals surface area (Å²) < 4.78 is 0. The van der Waals surface area contributed by atoms with E-state index >= 15 is 0 Å². The summed E-state index contributed by atoms with van der Waals surface area (Å²) in [6.45, 7) is 0. The topological polar surface area (TPSA) is 6.48 Å². The number of hydrogen-bond acceptors (Lipinski definition) is 2. The predicted molar refractivity (Wildman–Crippen MR) is 196 cm³/mol. The average molecular weight is 597 g/mol. The molecular formula is C44H40N2. The highest BCUT2D eigenvalue weighted by atomic mass is 15.2. The largest absolute Gasteiger partial charge is 0.337 e. The summed E-state index contributed by atoms with van der Waals surface area (Å²) in [7, 11) is 0. The second-order valence-electron chi connectivity index (χ2n) is 12.6. The van der Waals surface area contributed by atoms with Gasteiger partial charge in [0.15, 0.2) is 0 Å². The molecule has 46 heavy (non-hydrogen) atoms. The molecule has 4 aliphatic rings. The number of fused-ring (bicyclic) bond motifs is 2. The van der Waals surface area contributed by atoms with Gasteiger partial charge >= 0.3 is 0 Å². The minimum Gasteiger partial charge on any atom is -0.337 e. The molecule has 4 aromatic carbocycles. The molecule has 226 valence electrons. The highest BCUT2D eigenvalue weighted by Crippen LogP contribution is 2.42. The van der Waals surface area contributed by atoms with Gasteiger partial charge in [0.25, 0.3) is 0 Å². The molecule has 4 aromatic rings. The predicted octanol–water partition coefficient (Wildman–Crippen LogP) is 11.4. The normalized spacial score (nSPS) is 19.6. The van der Waals surface area contributed by atoms with Gasteiger partial charge in [-0.05, 0) is 103 Å². The molecular weight excluding hydrogens is 556 g/mol. The maximum absolute atomic E-state index is 2.61. The summed E-state index contributed by atoms with van der Waals surface area (Å²) in [5.41, 5.74) is 13.3. The monoisotopic (exact) mass is 596 g/mol. The summed E-state index contributed by atoms with van der Waals surface area (Å²) >= 11 is 0. The third kappa shape index (κ3) is 5.49. The first-order chi connectivity index (χ1) is 22.8. The molecule has 0 aliphatic heterocycles. The van der Waals surface area contributed by atoms with Crippen LogP contribution in [0.5, 0.6) is 0 Å². The van der Waals surface area contributed by atoms with E-state index in [0.29, 0.717) is 0 Å². The Bertz CT molecular complexity index is 1900. The Hall–Kier alpha value is -5.08. The van der Waals surface area contributed by atoms with E-state index < -0.39 is 0 Å². The molecule has 2 heteroatoms. The van der Waals surface area contributed by atoms with Gasteiger partial charge in [-0.3, -0.25) is 0 Å². The maximum Gasteiger partial charge on any atom is 0.0631 e. The van der Waals surface area contributed by atoms with Gasteiger partial charge in [0, 0.05) is 28.3 Å². The van der Waals surface area contributed by atoms with Crippen molar-refractivity contribution in [1.29, 1.82) is 0 Å². The van der Waals surface area contributed by atoms with Crippen molar-refractivity contribution in [2.45, 2.75) is 50.6 Å². The number of rotatable bonds is 7. The molecule has 0 bridgehead atoms. The van der Waals surface area contributed by atoms with Crippen LogP contribution in [0.15, 0.2) is 151 Å². The number of nitrogens with zero attached hydrogens (tertiary/aromatic N) is 2. The molecule has 0 saturated heterocycles. The first kappa shape index (κ1) is 28.4. The Morgan fingerprint density at radius 3 is 2.26 bits per heavy atom. The van der Waals surface area contributed by atoms with Gasteiger partial charge in [0.1, 0.15) is 0 Å². The molecule has 0 aromatic heterocycles. The molecule has 2 unspecified atom stereocenters. The zero-order valence-electron chi connectivity index (χ0n) is 26.3. The average Bonchev–Trinajstić information content (AvgIpc) is 3.14. The van der Waals surface area contributed by atoms with Crippen LogP contribution < -0.4 is 9.80 Å². The highest BCUT2D eigenvalue weighted by molar-refractivity contribution is 5.79. The van der Waals surface area contributed by atoms with Crippen molar-refractivity contribution in [1.82, 2.24) is 0 Å². The lowest BCUT2D eigenvalue weighted by molar-refractivity contribution is 0.702. The van der Waals surface area contributed by atoms with Crippen LogP contribution in [0.2, 0.25) is 0 Å². The summed E-state index contributed by atoms with van der Waals surface area (Å²) in [6, 6.07) is 36.3. The number of aryl methyl sites for hydroxylation is 1. The molecule has 0 heterocycles. The van der Waals surface area contributed by atoms with Gasteiger partial charge in [0.05, 0.1) is 12.1 Å². The Kier molecular flexibility index (Phi) is 7.86. The van der Waals surface area contributed by atoms with Crippen LogP contribution in [0.4, 0.5) is 17.1 Å². The Morgan fingerprint density at radius 1 is 0.609 bits per heavy atom. The second kappa shape index (κ2) is 12.7. The zero-order chi connectivity index (χ0) is 30.7. The standard InChI is InChI=1S/C44H40N2/c1-3-17-37(18-4-1)45(43-23-11-15-35-13-7-9-21-41(35)43)39-29-25-33(26-30-39)34-27-31-40(32-28-34)46(38-19-5-2-6-20-38)44-24-12-16-36-14-8-10-22-42(36)44/h1-5,7,9-13,15-19,21-22,24-31,40,43H,6,8,14,20,23,32H2. The number of allylic oxidation sites excluding steroid dienone is 7. The van der Waals surface area contributed by atoms with Crippen molar-refractivity contribution < 1.29 is 0 Å². The van der Waals surface area contributed by atoms with Crippen LogP contribution in [0.1, 0.15) is 66.0 Å². The van der Waals surface area contributed by atoms with Crippen LogP contribution in [0.3, 0.4) is 0 Å². The summed E-state index contributed by atoms with van der Waals surface area (Å²) in [5, 5.41) is 0. The number of para-hydroxylation sites is 1. The first-order valence-corrected chi connectivity index (χ1v) is 16.9. The van der Waals surface area contributed by atoms with Crippen molar-refractivity contribution in [3.63, 3.8) is 0 Å². The number of anilines is 3. The Morgan fingerprint density at radius 2 is 1.43 bits per heavy atom. The van der Waals surface area contributed by atoms with Crippen LogP contribution in [-0.4, -0.2) is 6.04 Å². The van der Waals surface area contributed by atoms with Crippen LogP contribution in [-0.2, 0) is 6.42 Å². The van der Waals surface area contributed by atoms with E-state index in [1.54, 1.807) is 0 Å². The molecule has 0 N–H and O–H groups in total. The smallest absolute Gasteiger partial charge is 0.0631 e. The minimum atomic E-state index is 0.248. The number of benzene rings is 4. The van der Waals surface area contributed by atoms with Crippen molar-refractivity contribution >= 4 is 34.8 Å². The molecule has 2 nitrogen and oxygen atoms in total. The Balaban J connectivity index is 1.08. The van der Waals surface area contributed by atoms with Crippen molar-refractivity contribution in [3.05, 3.63) is 179 Å². The van der Waals surface area contributed by atoms with Gasteiger partial charge in [-0.1, -0.05) is 121 Å². The molecule has 8 rings (SSSR count). The SMILES string of the molecule is C1=CCCC(N(c2cccc3c2C=CCC3)C2C=CC(c3ccc(N(c4ccccc4)C4CC=Cc5ccccc54)cc3)=CC2)=C1. The van der Waals surface area contributed by atoms with Crippen LogP contribution in [0.25, 0.3) is 17.7 Å². The van der Waals surface area contributed by atoms with Crippen molar-refractivity contribution in [2.75, 3.05) is 9.80 Å². The number of hydrogen-bond donors (Lipinski definition) is 0. The lowest BCUT2D eigenvalue weighted by Crippen LogP contribution is -2.35. The molecule has 4 aliphatic carbocycles. The van der Waals surface area contributed by atoms with Gasteiger partial charge in [-0.15, -0.1) is 0 Å². The van der Waals surface area contributed by atoms with E-state index in [0.717, 1.165) is 38.5 Å². The molecule has 0 amide bonds. The summed E-state index contributed by atoms with van der Waals surface area (Å²) in [5.74, 6) is 0. The third-order valence-electron chi connectivity index (χ3n) is 9.84. The molecule has 0 fully saturated rings. The molecule has 0 radical (unpaired) electrons. The van der Waals surface area contributed by atoms with E-state index in [1.807, 2.05) is 0 Å². The zero-order valence-corrected chi connectivity index (χ0v) is 26.3. The van der Waals surface area contributed by atoms with Gasteiger partial charge in [-0.2, -0.15) is 0 Å². The van der Waals surface area contributed by atoms with E-state index in [4.69, 9.17) is 0 Å². The van der Waals surface area contributed by atoms with Crippen molar-refractivity contribution in [2.24, 2.45) is 0 Å². The quantitative estimate of drug-likeness (QED) is 0.209. The van der Waals surface area contributed by atoms with E-state index in [2.05, 4.69) is 168 Å². The fourth-order valence-corrected chi connectivity index (χ4v) is 7.59. The Labute approximate surface area is 273 Å². The van der Waals surface area contributed by atoms with E-state index in [1.165, 1.54) is 56.1 Å². The third-order valence-corrected chi connectivity index (χ3v) is 9.84. The summed E-state index contributed by atoms with van der Waals surface area (Å²) in [6.07, 6.45) is 29.7. The fourth-order valence-electron chi connectivity index (χ4n) is 7.59. The first-order valence-electron chi connectivity index (χ1n) is 16.9. The van der Waals surface area contributed by atoms with E-state index in [-0.39, 0.29) is 12.1 Å². The molecule has 2 atom stereocenters. The second-order valence-corrected chi connectivity index (χ2v) is 12.6. The minimum absolute atomic E-state index is 0.248. The molecule has 0 spiro atoms. The van der Waals surface area contributed by atoms with Crippen molar-refractivity contribution in [3.8, 4) is 0 Å². The fraction of sp³-hybridized carbons (Fsp3) is 0.182. The maximum atomic E-state index is 2.61. The summed E-state index contributed by atoms with van der Waals surface area (Å²) in [4.78, 5) is 5.12. The van der Waals surface area contributed by atoms with E-state index in [9.17, 15) is 0 Å². The van der Waals surface area contributed by atoms with Crippen LogP contribution in [0, 0.1) is 0 Å². The molecule has 0 saturated carbocycles. The van der Waals surface area contributed by atoms with Gasteiger partial charge < -0.3 is 9.80 Å². The highest BCUT2D eigenvalue weighted by Gasteiger charge is 2.27.